The predicted molar refractivity (Wildman–Crippen MR) is 113 cm³/mol. The molecule has 1 N–H and O–H groups in total. The van der Waals surface area contributed by atoms with Gasteiger partial charge in [-0.3, -0.25) is 14.6 Å². The molecule has 0 bridgehead atoms. The van der Waals surface area contributed by atoms with Gasteiger partial charge in [-0.2, -0.15) is 4.98 Å². The summed E-state index contributed by atoms with van der Waals surface area (Å²) in [4.78, 5) is 21.6. The Bertz CT molecular complexity index is 822. The van der Waals surface area contributed by atoms with Crippen LogP contribution < -0.4 is 5.32 Å². The summed E-state index contributed by atoms with van der Waals surface area (Å²) in [5.74, 6) is 1.26. The maximum Gasteiger partial charge on any atom is 0.241 e. The maximum absolute atomic E-state index is 12.6. The number of benzene rings is 1. The third-order valence-electron chi connectivity index (χ3n) is 5.64. The molecule has 0 spiro atoms. The molecule has 1 unspecified atom stereocenters. The highest BCUT2D eigenvalue weighted by Gasteiger charge is 2.27. The number of likely N-dealkylation sites (tertiary alicyclic amines) is 1. The lowest BCUT2D eigenvalue weighted by Crippen LogP contribution is -2.45. The number of morpholine rings is 1. The number of carbonyl (C=O) groups is 1. The summed E-state index contributed by atoms with van der Waals surface area (Å²) in [5.41, 5.74) is 0.866. The number of hydrogen-bond donors (Lipinski definition) is 1. The maximum atomic E-state index is 12.6. The number of halogens is 1. The van der Waals surface area contributed by atoms with Crippen LogP contribution in [0.15, 0.2) is 28.8 Å². The molecule has 8 nitrogen and oxygen atoms in total. The van der Waals surface area contributed by atoms with Crippen molar-refractivity contribution in [3.8, 4) is 11.4 Å². The number of ether oxygens (including phenoxy) is 1. The Morgan fingerprint density at radius 1 is 1.17 bits per heavy atom. The third kappa shape index (κ3) is 5.78. The monoisotopic (exact) mass is 433 g/mol. The highest BCUT2D eigenvalue weighted by Crippen LogP contribution is 2.21. The Balaban J connectivity index is 1.24. The van der Waals surface area contributed by atoms with Crippen molar-refractivity contribution in [2.75, 3.05) is 52.5 Å². The second-order valence-corrected chi connectivity index (χ2v) is 8.27. The Hall–Kier alpha value is -2.00. The number of piperidine rings is 1. The van der Waals surface area contributed by atoms with Gasteiger partial charge < -0.3 is 14.6 Å². The zero-order valence-corrected chi connectivity index (χ0v) is 17.8. The van der Waals surface area contributed by atoms with Gasteiger partial charge in [0.05, 0.1) is 25.7 Å². The van der Waals surface area contributed by atoms with E-state index in [1.54, 1.807) is 12.1 Å². The summed E-state index contributed by atoms with van der Waals surface area (Å²) in [6, 6.07) is 7.35. The molecule has 0 aliphatic carbocycles. The Kier molecular flexibility index (Phi) is 7.33. The van der Waals surface area contributed by atoms with Crippen LogP contribution in [-0.2, 0) is 16.1 Å². The first-order valence-corrected chi connectivity index (χ1v) is 10.9. The molecule has 1 aromatic carbocycles. The molecule has 30 heavy (non-hydrogen) atoms. The minimum atomic E-state index is 0.00194. The first kappa shape index (κ1) is 21.2. The molecular formula is C21H28ClN5O3. The summed E-state index contributed by atoms with van der Waals surface area (Å²) >= 11 is 5.93. The van der Waals surface area contributed by atoms with E-state index < -0.39 is 0 Å². The van der Waals surface area contributed by atoms with Crippen LogP contribution in [-0.4, -0.2) is 78.3 Å². The predicted octanol–water partition coefficient (Wildman–Crippen LogP) is 2.05. The van der Waals surface area contributed by atoms with Gasteiger partial charge in [-0.05, 0) is 43.7 Å². The fourth-order valence-electron chi connectivity index (χ4n) is 3.95. The summed E-state index contributed by atoms with van der Waals surface area (Å²) in [6.45, 7) is 7.19. The fourth-order valence-corrected chi connectivity index (χ4v) is 4.07. The number of amides is 1. The first-order chi connectivity index (χ1) is 14.7. The van der Waals surface area contributed by atoms with Crippen LogP contribution in [0.1, 0.15) is 18.7 Å². The average molecular weight is 434 g/mol. The number of carbonyl (C=O) groups excluding carboxylic acids is 1. The van der Waals surface area contributed by atoms with Gasteiger partial charge in [0.2, 0.25) is 17.6 Å². The van der Waals surface area contributed by atoms with Gasteiger partial charge in [0.1, 0.15) is 0 Å². The van der Waals surface area contributed by atoms with E-state index in [9.17, 15) is 4.79 Å². The number of hydrogen-bond acceptors (Lipinski definition) is 7. The lowest BCUT2D eigenvalue weighted by atomic mass is 9.97. The van der Waals surface area contributed by atoms with Crippen LogP contribution in [0.3, 0.4) is 0 Å². The van der Waals surface area contributed by atoms with E-state index in [1.165, 1.54) is 0 Å². The van der Waals surface area contributed by atoms with Crippen LogP contribution in [0.25, 0.3) is 11.4 Å². The number of nitrogens with one attached hydrogen (secondary N) is 1. The normalized spacial score (nSPS) is 20.9. The molecular weight excluding hydrogens is 406 g/mol. The lowest BCUT2D eigenvalue weighted by Gasteiger charge is -2.31. The number of rotatable bonds is 7. The van der Waals surface area contributed by atoms with Gasteiger partial charge in [0, 0.05) is 43.3 Å². The minimum Gasteiger partial charge on any atom is -0.379 e. The molecule has 0 radical (unpaired) electrons. The smallest absolute Gasteiger partial charge is 0.241 e. The van der Waals surface area contributed by atoms with E-state index in [2.05, 4.69) is 25.3 Å². The molecule has 9 heteroatoms. The van der Waals surface area contributed by atoms with Crippen molar-refractivity contribution in [1.82, 2.24) is 25.3 Å². The molecule has 162 valence electrons. The summed E-state index contributed by atoms with van der Waals surface area (Å²) in [7, 11) is 0. The lowest BCUT2D eigenvalue weighted by molar-refractivity contribution is -0.126. The van der Waals surface area contributed by atoms with Crippen LogP contribution >= 0.6 is 11.6 Å². The highest BCUT2D eigenvalue weighted by molar-refractivity contribution is 6.30. The van der Waals surface area contributed by atoms with Crippen molar-refractivity contribution >= 4 is 17.5 Å². The zero-order chi connectivity index (χ0) is 20.8. The molecule has 0 saturated carbocycles. The second kappa shape index (κ2) is 10.3. The zero-order valence-electron chi connectivity index (χ0n) is 17.1. The molecule has 2 aliphatic rings. The van der Waals surface area contributed by atoms with E-state index in [0.717, 1.165) is 57.8 Å². The Labute approximate surface area is 181 Å². The average Bonchev–Trinajstić information content (AvgIpc) is 3.23. The van der Waals surface area contributed by atoms with E-state index in [1.807, 2.05) is 12.1 Å². The van der Waals surface area contributed by atoms with Crippen molar-refractivity contribution in [2.24, 2.45) is 5.92 Å². The van der Waals surface area contributed by atoms with Gasteiger partial charge in [0.15, 0.2) is 0 Å². The number of aromatic nitrogens is 2. The number of nitrogens with zero attached hydrogens (tertiary/aromatic N) is 4. The summed E-state index contributed by atoms with van der Waals surface area (Å²) in [6.07, 6.45) is 1.90. The highest BCUT2D eigenvalue weighted by atomic mass is 35.5. The van der Waals surface area contributed by atoms with Crippen LogP contribution in [0.4, 0.5) is 0 Å². The van der Waals surface area contributed by atoms with Gasteiger partial charge in [-0.1, -0.05) is 16.8 Å². The third-order valence-corrected chi connectivity index (χ3v) is 5.89. The standard InChI is InChI=1S/C21H28ClN5O3/c22-18-5-3-16(4-6-18)20-24-19(30-25-20)15-27-8-1-2-17(14-27)21(28)23-7-9-26-10-12-29-13-11-26/h3-6,17H,1-2,7-15H2,(H,23,28). The largest absolute Gasteiger partial charge is 0.379 e. The second-order valence-electron chi connectivity index (χ2n) is 7.84. The fraction of sp³-hybridized carbons (Fsp3) is 0.571. The topological polar surface area (TPSA) is 83.7 Å². The molecule has 3 heterocycles. The molecule has 2 aliphatic heterocycles. The molecule has 2 fully saturated rings. The van der Waals surface area contributed by atoms with E-state index in [-0.39, 0.29) is 11.8 Å². The van der Waals surface area contributed by atoms with E-state index in [0.29, 0.717) is 36.4 Å². The molecule has 1 aromatic heterocycles. The van der Waals surface area contributed by atoms with Crippen LogP contribution in [0.2, 0.25) is 5.02 Å². The van der Waals surface area contributed by atoms with Crippen molar-refractivity contribution in [3.05, 3.63) is 35.2 Å². The van der Waals surface area contributed by atoms with E-state index >= 15 is 0 Å². The molecule has 1 amide bonds. The van der Waals surface area contributed by atoms with Gasteiger partial charge in [-0.25, -0.2) is 0 Å². The molecule has 1 atom stereocenters. The Morgan fingerprint density at radius 3 is 2.77 bits per heavy atom. The minimum absolute atomic E-state index is 0.00194. The SMILES string of the molecule is O=C(NCCN1CCOCC1)C1CCCN(Cc2nc(-c3ccc(Cl)cc3)no2)C1. The van der Waals surface area contributed by atoms with Crippen LogP contribution in [0.5, 0.6) is 0 Å². The van der Waals surface area contributed by atoms with Gasteiger partial charge >= 0.3 is 0 Å². The molecule has 4 rings (SSSR count). The quantitative estimate of drug-likeness (QED) is 0.715. The van der Waals surface area contributed by atoms with E-state index in [4.69, 9.17) is 20.9 Å². The van der Waals surface area contributed by atoms with Crippen molar-refractivity contribution in [3.63, 3.8) is 0 Å². The first-order valence-electron chi connectivity index (χ1n) is 10.6. The van der Waals surface area contributed by atoms with Crippen LogP contribution in [0, 0.1) is 5.92 Å². The summed E-state index contributed by atoms with van der Waals surface area (Å²) in [5, 5.41) is 7.85. The molecule has 2 saturated heterocycles. The Morgan fingerprint density at radius 2 is 1.97 bits per heavy atom. The summed E-state index contributed by atoms with van der Waals surface area (Å²) < 4.78 is 10.8. The van der Waals surface area contributed by atoms with Gasteiger partial charge in [0.25, 0.3) is 0 Å². The van der Waals surface area contributed by atoms with Crippen molar-refractivity contribution < 1.29 is 14.1 Å². The van der Waals surface area contributed by atoms with Gasteiger partial charge in [-0.15, -0.1) is 0 Å². The van der Waals surface area contributed by atoms with Crippen molar-refractivity contribution in [2.45, 2.75) is 19.4 Å². The van der Waals surface area contributed by atoms with Crippen molar-refractivity contribution in [1.29, 1.82) is 0 Å². The molecule has 2 aromatic rings.